The van der Waals surface area contributed by atoms with Crippen LogP contribution in [-0.4, -0.2) is 82.4 Å². The second-order valence-electron chi connectivity index (χ2n) is 7.65. The molecular weight excluding hydrogens is 543 g/mol. The molecule has 0 bridgehead atoms. The van der Waals surface area contributed by atoms with Gasteiger partial charge in [0.25, 0.3) is 0 Å². The average molecular weight is 577 g/mol. The van der Waals surface area contributed by atoms with Crippen molar-refractivity contribution in [1.82, 2.24) is 0 Å². The maximum Gasteiger partial charge on any atom is 0.0993 e. The van der Waals surface area contributed by atoms with Gasteiger partial charge in [-0.25, -0.2) is 0 Å². The quantitative estimate of drug-likeness (QED) is 0.284. The molecule has 2 saturated carbocycles. The fourth-order valence-corrected chi connectivity index (χ4v) is 5.06. The molecule has 0 amide bonds. The zero-order valence-corrected chi connectivity index (χ0v) is 19.2. The van der Waals surface area contributed by atoms with Crippen molar-refractivity contribution in [2.24, 2.45) is 29.6 Å². The Morgan fingerprint density at radius 3 is 1.80 bits per heavy atom. The smallest absolute Gasteiger partial charge is 0.0993 e. The van der Waals surface area contributed by atoms with Crippen molar-refractivity contribution in [2.45, 2.75) is 37.1 Å². The zero-order chi connectivity index (χ0) is 19.3. The van der Waals surface area contributed by atoms with Crippen LogP contribution in [0.2, 0.25) is 0 Å². The van der Waals surface area contributed by atoms with Crippen molar-refractivity contribution in [1.29, 1.82) is 0 Å². The van der Waals surface area contributed by atoms with E-state index in [4.69, 9.17) is 27.5 Å². The van der Waals surface area contributed by atoms with Crippen LogP contribution in [0.3, 0.4) is 0 Å². The Kier molecular flexibility index (Phi) is 6.75. The van der Waals surface area contributed by atoms with Gasteiger partial charge in [0.05, 0.1) is 46.4 Å². The van der Waals surface area contributed by atoms with Crippen LogP contribution < -0.4 is 0 Å². The normalized spacial score (nSPS) is 56.7. The van der Waals surface area contributed by atoms with Gasteiger partial charge in [0.1, 0.15) is 0 Å². The first-order valence-corrected chi connectivity index (χ1v) is 8.60. The first-order chi connectivity index (χ1) is 12.3. The summed E-state index contributed by atoms with van der Waals surface area (Å²) in [7, 11) is 0. The topological polar surface area (TPSA) is 120 Å². The molecule has 5 N–H and O–H groups in total. The SMILES string of the molecule is [3H][C@@H]1O[C@@]2(CO)CC(C)[C@@H]2C1CO.[3H][C@@H]1O[C@@]2(CO)CC(O)[C@@H]2C1CO.[Ac]. The first kappa shape index (κ1) is 19.5. The third-order valence-electron chi connectivity index (χ3n) is 6.30. The molecule has 0 aromatic rings. The van der Waals surface area contributed by atoms with Crippen molar-refractivity contribution in [3.63, 3.8) is 0 Å². The van der Waals surface area contributed by atoms with E-state index >= 15 is 0 Å². The fraction of sp³-hybridized carbons (Fsp3) is 1.00. The minimum absolute atomic E-state index is 0. The molecule has 7 nitrogen and oxygen atoms in total. The molecule has 2 aliphatic heterocycles. The minimum atomic E-state index is -0.820. The van der Waals surface area contributed by atoms with Gasteiger partial charge in [0.15, 0.2) is 0 Å². The Bertz CT molecular complexity index is 474. The number of hydrogen-bond donors (Lipinski definition) is 5. The second-order valence-corrected chi connectivity index (χ2v) is 7.65. The van der Waals surface area contributed by atoms with Gasteiger partial charge in [-0.1, -0.05) is 6.92 Å². The summed E-state index contributed by atoms with van der Waals surface area (Å²) in [4.78, 5) is 0. The van der Waals surface area contributed by atoms with Gasteiger partial charge in [-0.05, 0) is 12.3 Å². The van der Waals surface area contributed by atoms with Crippen LogP contribution in [0.1, 0.15) is 22.5 Å². The summed E-state index contributed by atoms with van der Waals surface area (Å²) in [5.41, 5.74) is -1.25. The van der Waals surface area contributed by atoms with Crippen LogP contribution in [0.4, 0.5) is 0 Å². The zero-order valence-electron chi connectivity index (χ0n) is 16.5. The Labute approximate surface area is 187 Å². The van der Waals surface area contributed by atoms with Gasteiger partial charge in [-0.3, -0.25) is 0 Å². The molecule has 143 valence electrons. The van der Waals surface area contributed by atoms with Crippen molar-refractivity contribution < 1.29 is 81.8 Å². The molecule has 0 spiro atoms. The molecule has 4 aliphatic rings. The van der Waals surface area contributed by atoms with E-state index in [1.54, 1.807) is 0 Å². The van der Waals surface area contributed by atoms with Crippen LogP contribution in [0.25, 0.3) is 0 Å². The molecule has 2 aliphatic carbocycles. The van der Waals surface area contributed by atoms with E-state index in [-0.39, 0.29) is 94.2 Å². The third kappa shape index (κ3) is 3.61. The largest absolute Gasteiger partial charge is 0.396 e. The Hall–Kier alpha value is 1.16. The van der Waals surface area contributed by atoms with Gasteiger partial charge in [0, 0.05) is 87.4 Å². The standard InChI is InChI=1S/C9H16O3.C8H14O4.Ac/c1-6-2-9(5-11)8(6)7(3-10)4-12-9;9-2-5-3-12-8(4-10)1-6(11)7(5)8;/h6-8,10-11H,2-5H2,1H3;5-7,9-11H,1-4H2;/t6?,7?,8-,9-;5?,6?,7-,8+;/m10./s1/i4T;3T;/t4-,6?,7?,8+,9+;3-,5?,6?,7-,8+;/m00.. The molecule has 2 saturated heterocycles. The van der Waals surface area contributed by atoms with Crippen LogP contribution in [0.15, 0.2) is 0 Å². The van der Waals surface area contributed by atoms with E-state index in [2.05, 4.69) is 6.92 Å². The molecule has 0 aromatic heterocycles. The monoisotopic (exact) mass is 577 g/mol. The van der Waals surface area contributed by atoms with Crippen molar-refractivity contribution >= 4 is 0 Å². The second kappa shape index (κ2) is 8.67. The minimum Gasteiger partial charge on any atom is -0.396 e. The summed E-state index contributed by atoms with van der Waals surface area (Å²) in [5, 5.41) is 45.8. The van der Waals surface area contributed by atoms with Gasteiger partial charge in [-0.15, -0.1) is 0 Å². The Balaban J connectivity index is 0.000000187. The van der Waals surface area contributed by atoms with E-state index in [9.17, 15) is 10.2 Å². The summed E-state index contributed by atoms with van der Waals surface area (Å²) in [6.45, 7) is 0.228. The third-order valence-corrected chi connectivity index (χ3v) is 6.30. The number of ether oxygens (including phenoxy) is 2. The number of aliphatic hydroxyl groups excluding tert-OH is 5. The molecule has 1 radical (unpaired) electrons. The Morgan fingerprint density at radius 1 is 0.920 bits per heavy atom. The number of rotatable bonds is 4. The van der Waals surface area contributed by atoms with E-state index in [0.717, 1.165) is 6.42 Å². The molecule has 2 heterocycles. The van der Waals surface area contributed by atoms with Gasteiger partial charge >= 0.3 is 0 Å². The van der Waals surface area contributed by atoms with Crippen LogP contribution in [0, 0.1) is 73.7 Å². The molecule has 25 heavy (non-hydrogen) atoms. The summed E-state index contributed by atoms with van der Waals surface area (Å²) < 4.78 is 25.8. The molecule has 4 unspecified atom stereocenters. The summed E-state index contributed by atoms with van der Waals surface area (Å²) in [5.74, 6) is -0.124. The van der Waals surface area contributed by atoms with E-state index < -0.39 is 30.5 Å². The van der Waals surface area contributed by atoms with Crippen LogP contribution in [-0.2, 0) is 9.47 Å². The maximum absolute atomic E-state index is 9.45. The number of hydrogen-bond acceptors (Lipinski definition) is 7. The predicted molar refractivity (Wildman–Crippen MR) is 84.1 cm³/mol. The maximum atomic E-state index is 9.45. The average Bonchev–Trinajstić information content (AvgIpc) is 2.98. The van der Waals surface area contributed by atoms with Gasteiger partial charge in [0.2, 0.25) is 0 Å². The van der Waals surface area contributed by atoms with Crippen LogP contribution >= 0.6 is 0 Å². The predicted octanol–water partition coefficient (Wildman–Crippen LogP) is -1.25. The van der Waals surface area contributed by atoms with Crippen molar-refractivity contribution in [3.8, 4) is 0 Å². The summed E-state index contributed by atoms with van der Waals surface area (Å²) in [6, 6.07) is 0. The molecule has 4 rings (SSSR count). The molecule has 0 aromatic carbocycles. The van der Waals surface area contributed by atoms with Crippen molar-refractivity contribution in [3.05, 3.63) is 0 Å². The van der Waals surface area contributed by atoms with Gasteiger partial charge < -0.3 is 35.0 Å². The van der Waals surface area contributed by atoms with E-state index in [0.29, 0.717) is 12.3 Å². The van der Waals surface area contributed by atoms with Crippen molar-refractivity contribution in [2.75, 3.05) is 39.6 Å². The Morgan fingerprint density at radius 2 is 1.40 bits per heavy atom. The summed E-state index contributed by atoms with van der Waals surface area (Å²) in [6.07, 6.45) is 0.653. The first-order valence-electron chi connectivity index (χ1n) is 9.76. The van der Waals surface area contributed by atoms with E-state index in [1.807, 2.05) is 0 Å². The molecular formula is C17H30AcO7. The number of fused-ring (bicyclic) bond motifs is 2. The molecule has 4 fully saturated rings. The fourth-order valence-electron chi connectivity index (χ4n) is 5.06. The molecule has 10 atom stereocenters. The number of aliphatic hydroxyl groups is 5. The summed E-state index contributed by atoms with van der Waals surface area (Å²) >= 11 is 0. The van der Waals surface area contributed by atoms with Crippen LogP contribution in [0.5, 0.6) is 0 Å². The van der Waals surface area contributed by atoms with Gasteiger partial charge in [-0.2, -0.15) is 0 Å². The molecule has 8 heteroatoms. The van der Waals surface area contributed by atoms with E-state index in [1.165, 1.54) is 0 Å².